The number of likely N-dealkylation sites (N-methyl/N-ethyl adjacent to an activating group) is 2. The number of amides is 7. The van der Waals surface area contributed by atoms with Crippen molar-refractivity contribution in [3.63, 3.8) is 0 Å². The summed E-state index contributed by atoms with van der Waals surface area (Å²) in [5, 5.41) is 14.0. The van der Waals surface area contributed by atoms with Crippen molar-refractivity contribution in [1.29, 1.82) is 0 Å². The second kappa shape index (κ2) is 18.1. The highest BCUT2D eigenvalue weighted by Crippen LogP contribution is 2.51. The predicted octanol–water partition coefficient (Wildman–Crippen LogP) is 1.88. The second-order valence-corrected chi connectivity index (χ2v) is 17.8. The number of imide groups is 2. The van der Waals surface area contributed by atoms with Crippen molar-refractivity contribution in [3.8, 4) is 5.75 Å². The molecular weight excluding hydrogens is 810 g/mol. The number of fused-ring (bicyclic) bond motifs is 6. The average molecular weight is 870 g/mol. The summed E-state index contributed by atoms with van der Waals surface area (Å²) in [5.74, 6) is -2.04. The van der Waals surface area contributed by atoms with Crippen LogP contribution in [0, 0.1) is 33.8 Å². The summed E-state index contributed by atoms with van der Waals surface area (Å²) < 4.78 is 28.1. The highest BCUT2D eigenvalue weighted by atomic mass is 16.6. The van der Waals surface area contributed by atoms with Crippen LogP contribution < -0.4 is 10.1 Å². The van der Waals surface area contributed by atoms with Gasteiger partial charge in [-0.1, -0.05) is 13.8 Å². The summed E-state index contributed by atoms with van der Waals surface area (Å²) in [7, 11) is 0. The maximum absolute atomic E-state index is 13.2. The number of rotatable bonds is 4. The minimum absolute atomic E-state index is 0.0713. The van der Waals surface area contributed by atoms with Crippen LogP contribution in [0.25, 0.3) is 0 Å². The first-order chi connectivity index (χ1) is 29.5. The van der Waals surface area contributed by atoms with Crippen LogP contribution in [0.3, 0.4) is 0 Å². The van der Waals surface area contributed by atoms with Crippen LogP contribution in [0.5, 0.6) is 5.75 Å². The molecule has 8 aliphatic rings. The molecule has 8 fully saturated rings. The topological polar surface area (TPSA) is 220 Å². The Labute approximate surface area is 360 Å². The number of nitro benzene ring substituents is 1. The van der Waals surface area contributed by atoms with Crippen LogP contribution in [0.1, 0.15) is 54.4 Å². The molecule has 7 amide bonds. The molecule has 0 spiro atoms. The summed E-state index contributed by atoms with van der Waals surface area (Å²) in [6, 6.07) is 4.09. The Morgan fingerprint density at radius 3 is 1.66 bits per heavy atom. The number of benzene rings is 1. The van der Waals surface area contributed by atoms with Gasteiger partial charge in [-0.3, -0.25) is 39.1 Å². The van der Waals surface area contributed by atoms with Crippen LogP contribution in [0.4, 0.5) is 15.3 Å². The monoisotopic (exact) mass is 869 g/mol. The molecule has 340 valence electrons. The smallest absolute Gasteiger partial charge is 0.410 e. The molecule has 8 aliphatic heterocycles. The maximum Gasteiger partial charge on any atom is 0.415 e. The van der Waals surface area contributed by atoms with Crippen molar-refractivity contribution < 1.29 is 57.4 Å². The Balaban J connectivity index is 0.000000165. The third kappa shape index (κ3) is 8.38. The minimum atomic E-state index is -0.896. The number of carbonyl (C=O) groups is 6. The quantitative estimate of drug-likeness (QED) is 0.260. The van der Waals surface area contributed by atoms with Crippen molar-refractivity contribution in [2.45, 2.75) is 89.9 Å². The van der Waals surface area contributed by atoms with Gasteiger partial charge in [0.05, 0.1) is 66.5 Å². The van der Waals surface area contributed by atoms with Gasteiger partial charge in [0, 0.05) is 64.5 Å². The van der Waals surface area contributed by atoms with Gasteiger partial charge in [-0.2, -0.15) is 0 Å². The molecule has 9 rings (SSSR count). The molecule has 1 N–H and O–H groups in total. The SMILES string of the molecule is C1COCCN1.CCN1C(=O)[C@H]2[C@H](O[C@@]3(C)C[C@H](C)CN(C(=O)N4CCOCC4)[C@@H]23)C1=O.CCN1C(=O)[C@H]2[C@H](O[C@@]3(C)C[C@H](C)CN(C(=O)Oc4ccc([N+](=O)[O-])cc4)[C@@H]23)C1=O. The number of hydrogen-bond acceptors (Lipinski definition) is 14. The molecule has 0 radical (unpaired) electrons. The van der Waals surface area contributed by atoms with E-state index in [1.807, 2.05) is 20.8 Å². The van der Waals surface area contributed by atoms with Crippen LogP contribution in [-0.4, -0.2) is 179 Å². The number of nitrogens with one attached hydrogen (secondary N) is 1. The summed E-state index contributed by atoms with van der Waals surface area (Å²) in [5.41, 5.74) is -1.62. The molecule has 1 aromatic carbocycles. The van der Waals surface area contributed by atoms with Crippen LogP contribution in [0.15, 0.2) is 24.3 Å². The predicted molar refractivity (Wildman–Crippen MR) is 217 cm³/mol. The standard InChI is InChI=1S/C20H23N3O7.C18H27N3O5.C4H9NO/c1-4-21-17(24)14-15(18(21)25)30-20(3)9-11(2)10-22(16(14)20)19(26)29-13-7-5-12(6-8-13)23(27)28;1-4-20-15(22)12-13(16(20)23)26-18(3)9-11(2)10-21(14(12)18)17(24)19-5-7-25-8-6-19;1-3-6-4-2-5-1/h5-8,11,14-16H,4,9-10H2,1-3H3;11-14H,4-10H2,1-3H3;5H,1-4H2/t11-,14-,15-,16-,20-;11-,12-,13-,14-,18-;/m00./s1. The Morgan fingerprint density at radius 1 is 0.758 bits per heavy atom. The Kier molecular flexibility index (Phi) is 13.3. The molecule has 0 saturated carbocycles. The molecule has 0 aliphatic carbocycles. The van der Waals surface area contributed by atoms with Gasteiger partial charge in [0.15, 0.2) is 12.2 Å². The molecule has 8 saturated heterocycles. The summed E-state index contributed by atoms with van der Waals surface area (Å²) in [4.78, 5) is 95.1. The number of piperidine rings is 2. The van der Waals surface area contributed by atoms with Gasteiger partial charge >= 0.3 is 12.1 Å². The van der Waals surface area contributed by atoms with Crippen molar-refractivity contribution in [2.75, 3.05) is 78.8 Å². The fourth-order valence-electron chi connectivity index (χ4n) is 10.8. The molecule has 10 atom stereocenters. The molecule has 0 unspecified atom stereocenters. The number of urea groups is 1. The number of non-ortho nitro benzene ring substituents is 1. The molecule has 0 bridgehead atoms. The van der Waals surface area contributed by atoms with E-state index in [-0.39, 0.29) is 59.5 Å². The van der Waals surface area contributed by atoms with E-state index < -0.39 is 58.3 Å². The number of nitro groups is 1. The number of nitrogens with zero attached hydrogens (tertiary/aromatic N) is 6. The van der Waals surface area contributed by atoms with E-state index in [4.69, 9.17) is 23.7 Å². The van der Waals surface area contributed by atoms with Gasteiger partial charge in [-0.15, -0.1) is 0 Å². The normalized spacial score (nSPS) is 35.0. The summed E-state index contributed by atoms with van der Waals surface area (Å²) in [6.45, 7) is 18.8. The number of likely N-dealkylation sites (tertiary alicyclic amines) is 4. The number of ether oxygens (including phenoxy) is 5. The third-order valence-corrected chi connectivity index (χ3v) is 13.2. The highest BCUT2D eigenvalue weighted by molar-refractivity contribution is 6.08. The molecular formula is C42H59N7O13. The molecule has 8 heterocycles. The van der Waals surface area contributed by atoms with Crippen LogP contribution >= 0.6 is 0 Å². The fourth-order valence-corrected chi connectivity index (χ4v) is 10.8. The fraction of sp³-hybridized carbons (Fsp3) is 0.714. The van der Waals surface area contributed by atoms with Crippen LogP contribution in [-0.2, 0) is 38.1 Å². The van der Waals surface area contributed by atoms with Gasteiger partial charge < -0.3 is 43.7 Å². The number of morpholine rings is 2. The first kappa shape index (κ1) is 45.3. The lowest BCUT2D eigenvalue weighted by atomic mass is 9.77. The van der Waals surface area contributed by atoms with Gasteiger partial charge in [0.2, 0.25) is 11.8 Å². The molecule has 20 heteroatoms. The minimum Gasteiger partial charge on any atom is -0.410 e. The average Bonchev–Trinajstić information content (AvgIpc) is 3.89. The summed E-state index contributed by atoms with van der Waals surface area (Å²) >= 11 is 0. The first-order valence-corrected chi connectivity index (χ1v) is 21.7. The van der Waals surface area contributed by atoms with E-state index in [9.17, 15) is 38.9 Å². The van der Waals surface area contributed by atoms with E-state index in [1.165, 1.54) is 39.0 Å². The third-order valence-electron chi connectivity index (χ3n) is 13.2. The zero-order valence-electron chi connectivity index (χ0n) is 36.3. The zero-order valence-corrected chi connectivity index (χ0v) is 36.3. The molecule has 62 heavy (non-hydrogen) atoms. The molecule has 1 aromatic rings. The highest BCUT2D eigenvalue weighted by Gasteiger charge is 2.68. The van der Waals surface area contributed by atoms with Gasteiger partial charge in [0.1, 0.15) is 5.75 Å². The van der Waals surface area contributed by atoms with E-state index in [0.29, 0.717) is 52.4 Å². The van der Waals surface area contributed by atoms with Crippen molar-refractivity contribution in [1.82, 2.24) is 29.8 Å². The molecule has 0 aromatic heterocycles. The van der Waals surface area contributed by atoms with Crippen molar-refractivity contribution in [3.05, 3.63) is 34.4 Å². The van der Waals surface area contributed by atoms with Gasteiger partial charge in [0.25, 0.3) is 17.5 Å². The van der Waals surface area contributed by atoms with E-state index in [2.05, 4.69) is 12.2 Å². The summed E-state index contributed by atoms with van der Waals surface area (Å²) in [6.07, 6.45) is -0.982. The van der Waals surface area contributed by atoms with Gasteiger partial charge in [-0.05, 0) is 64.5 Å². The lowest BCUT2D eigenvalue weighted by Gasteiger charge is -2.48. The maximum atomic E-state index is 13.2. The Morgan fingerprint density at radius 2 is 1.23 bits per heavy atom. The number of hydrogen-bond donors (Lipinski definition) is 1. The zero-order chi connectivity index (χ0) is 44.7. The van der Waals surface area contributed by atoms with Crippen molar-refractivity contribution >= 4 is 41.4 Å². The lowest BCUT2D eigenvalue weighted by molar-refractivity contribution is -0.384. The van der Waals surface area contributed by atoms with Crippen molar-refractivity contribution in [2.24, 2.45) is 23.7 Å². The number of carbonyl (C=O) groups excluding carboxylic acids is 6. The Bertz CT molecular complexity index is 1900. The van der Waals surface area contributed by atoms with Crippen LogP contribution in [0.2, 0.25) is 0 Å². The van der Waals surface area contributed by atoms with E-state index in [1.54, 1.807) is 23.6 Å². The van der Waals surface area contributed by atoms with E-state index >= 15 is 0 Å². The largest absolute Gasteiger partial charge is 0.415 e. The second-order valence-electron chi connectivity index (χ2n) is 17.8. The van der Waals surface area contributed by atoms with E-state index in [0.717, 1.165) is 32.7 Å². The first-order valence-electron chi connectivity index (χ1n) is 21.7. The lowest BCUT2D eigenvalue weighted by Crippen LogP contribution is -2.63. The van der Waals surface area contributed by atoms with Gasteiger partial charge in [-0.25, -0.2) is 9.59 Å². The Hall–Kier alpha value is -4.76. The molecule has 20 nitrogen and oxygen atoms in total.